The molecular weight excluding hydrogens is 296 g/mol. The maximum Gasteiger partial charge on any atom is 0.257 e. The van der Waals surface area contributed by atoms with Crippen LogP contribution in [0.25, 0.3) is 0 Å². The van der Waals surface area contributed by atoms with Crippen molar-refractivity contribution >= 4 is 32.2 Å². The van der Waals surface area contributed by atoms with Crippen molar-refractivity contribution in [3.63, 3.8) is 0 Å². The van der Waals surface area contributed by atoms with E-state index in [9.17, 15) is 13.2 Å². The molecule has 0 unspecified atom stereocenters. The number of carbonyl (C=O) groups excluding carboxylic acids is 1. The lowest BCUT2D eigenvalue weighted by atomic mass is 10.1. The summed E-state index contributed by atoms with van der Waals surface area (Å²) in [6.45, 7) is 1.90. The number of thiazole rings is 1. The van der Waals surface area contributed by atoms with Crippen LogP contribution in [0.3, 0.4) is 0 Å². The van der Waals surface area contributed by atoms with Gasteiger partial charge in [0.25, 0.3) is 5.91 Å². The highest BCUT2D eigenvalue weighted by Crippen LogP contribution is 2.18. The van der Waals surface area contributed by atoms with Crippen molar-refractivity contribution in [2.45, 2.75) is 12.7 Å². The van der Waals surface area contributed by atoms with Crippen molar-refractivity contribution in [2.75, 3.05) is 11.6 Å². The van der Waals surface area contributed by atoms with E-state index in [1.165, 1.54) is 11.3 Å². The molecule has 106 valence electrons. The Morgan fingerprint density at radius 3 is 2.75 bits per heavy atom. The van der Waals surface area contributed by atoms with Gasteiger partial charge in [-0.25, -0.2) is 13.4 Å². The Morgan fingerprint density at radius 2 is 2.15 bits per heavy atom. The zero-order chi connectivity index (χ0) is 14.8. The van der Waals surface area contributed by atoms with Crippen molar-refractivity contribution in [1.82, 2.24) is 4.98 Å². The van der Waals surface area contributed by atoms with Gasteiger partial charge in [-0.3, -0.25) is 10.1 Å². The second-order valence-corrected chi connectivity index (χ2v) is 7.88. The quantitative estimate of drug-likeness (QED) is 0.939. The largest absolute Gasteiger partial charge is 0.298 e. The van der Waals surface area contributed by atoms with E-state index in [0.29, 0.717) is 16.3 Å². The number of carbonyl (C=O) groups is 1. The fraction of sp³-hybridized carbons (Fsp3) is 0.231. The van der Waals surface area contributed by atoms with Crippen LogP contribution in [0, 0.1) is 6.92 Å². The molecule has 0 atom stereocenters. The highest BCUT2D eigenvalue weighted by atomic mass is 32.2. The molecule has 2 aromatic rings. The molecule has 1 aromatic heterocycles. The summed E-state index contributed by atoms with van der Waals surface area (Å²) in [6.07, 6.45) is 2.85. The highest BCUT2D eigenvalue weighted by molar-refractivity contribution is 7.89. The van der Waals surface area contributed by atoms with Crippen molar-refractivity contribution < 1.29 is 13.2 Å². The number of sulfone groups is 1. The van der Waals surface area contributed by atoms with Crippen LogP contribution in [0.4, 0.5) is 5.13 Å². The Hall–Kier alpha value is -1.73. The number of aromatic nitrogens is 1. The number of aryl methyl sites for hydroxylation is 1. The number of amides is 1. The SMILES string of the molecule is Cc1cnc(NC(=O)c2cccc(CS(C)(=O)=O)c2)s1. The Balaban J connectivity index is 2.16. The van der Waals surface area contributed by atoms with E-state index < -0.39 is 9.84 Å². The Morgan fingerprint density at radius 1 is 1.40 bits per heavy atom. The number of anilines is 1. The second-order valence-electron chi connectivity index (χ2n) is 4.50. The van der Waals surface area contributed by atoms with Gasteiger partial charge in [-0.15, -0.1) is 11.3 Å². The lowest BCUT2D eigenvalue weighted by Crippen LogP contribution is -2.12. The average Bonchev–Trinajstić information content (AvgIpc) is 2.73. The molecular formula is C13H14N2O3S2. The summed E-state index contributed by atoms with van der Waals surface area (Å²) in [5, 5.41) is 3.22. The third-order valence-electron chi connectivity index (χ3n) is 2.46. The van der Waals surface area contributed by atoms with E-state index in [0.717, 1.165) is 11.1 Å². The molecule has 20 heavy (non-hydrogen) atoms. The van der Waals surface area contributed by atoms with Gasteiger partial charge in [0.15, 0.2) is 15.0 Å². The van der Waals surface area contributed by atoms with Gasteiger partial charge in [-0.05, 0) is 24.6 Å². The van der Waals surface area contributed by atoms with E-state index in [1.54, 1.807) is 30.5 Å². The lowest BCUT2D eigenvalue weighted by Gasteiger charge is -2.04. The summed E-state index contributed by atoms with van der Waals surface area (Å²) in [4.78, 5) is 17.1. The molecule has 0 saturated heterocycles. The molecule has 0 aliphatic carbocycles. The van der Waals surface area contributed by atoms with Crippen LogP contribution in [0.1, 0.15) is 20.8 Å². The van der Waals surface area contributed by atoms with Crippen LogP contribution >= 0.6 is 11.3 Å². The monoisotopic (exact) mass is 310 g/mol. The van der Waals surface area contributed by atoms with Crippen LogP contribution < -0.4 is 5.32 Å². The number of nitrogens with one attached hydrogen (secondary N) is 1. The van der Waals surface area contributed by atoms with Gasteiger partial charge in [0.1, 0.15) is 0 Å². The molecule has 0 aliphatic rings. The molecule has 1 amide bonds. The van der Waals surface area contributed by atoms with Crippen molar-refractivity contribution in [2.24, 2.45) is 0 Å². The maximum atomic E-state index is 12.0. The van der Waals surface area contributed by atoms with Crippen molar-refractivity contribution in [3.05, 3.63) is 46.5 Å². The predicted molar refractivity (Wildman–Crippen MR) is 79.8 cm³/mol. The van der Waals surface area contributed by atoms with Crippen LogP contribution in [-0.4, -0.2) is 25.6 Å². The zero-order valence-electron chi connectivity index (χ0n) is 11.1. The van der Waals surface area contributed by atoms with Gasteiger partial charge >= 0.3 is 0 Å². The summed E-state index contributed by atoms with van der Waals surface area (Å²) < 4.78 is 22.5. The Kier molecular flexibility index (Phi) is 4.20. The first-order valence-corrected chi connectivity index (χ1v) is 8.72. The number of rotatable bonds is 4. The molecule has 0 fully saturated rings. The first-order valence-electron chi connectivity index (χ1n) is 5.84. The molecule has 0 radical (unpaired) electrons. The summed E-state index contributed by atoms with van der Waals surface area (Å²) in [5.74, 6) is -0.375. The fourth-order valence-electron chi connectivity index (χ4n) is 1.69. The van der Waals surface area contributed by atoms with Gasteiger partial charge in [0.05, 0.1) is 5.75 Å². The van der Waals surface area contributed by atoms with Crippen molar-refractivity contribution in [1.29, 1.82) is 0 Å². The minimum absolute atomic E-state index is 0.0789. The topological polar surface area (TPSA) is 76.1 Å². The summed E-state index contributed by atoms with van der Waals surface area (Å²) in [6, 6.07) is 6.58. The molecule has 2 rings (SSSR count). The molecule has 0 saturated carbocycles. The summed E-state index contributed by atoms with van der Waals surface area (Å²) in [5.41, 5.74) is 1.01. The van der Waals surface area contributed by atoms with Crippen LogP contribution in [0.15, 0.2) is 30.5 Å². The number of nitrogens with zero attached hydrogens (tertiary/aromatic N) is 1. The third kappa shape index (κ3) is 4.14. The predicted octanol–water partition coefficient (Wildman–Crippen LogP) is 2.25. The minimum Gasteiger partial charge on any atom is -0.298 e. The molecule has 0 bridgehead atoms. The van der Waals surface area contributed by atoms with Gasteiger partial charge in [-0.1, -0.05) is 12.1 Å². The molecule has 0 aliphatic heterocycles. The molecule has 0 spiro atoms. The lowest BCUT2D eigenvalue weighted by molar-refractivity contribution is 0.102. The van der Waals surface area contributed by atoms with Crippen LogP contribution in [-0.2, 0) is 15.6 Å². The van der Waals surface area contributed by atoms with Crippen LogP contribution in [0.2, 0.25) is 0 Å². The third-order valence-corrected chi connectivity index (χ3v) is 4.15. The van der Waals surface area contributed by atoms with E-state index in [2.05, 4.69) is 10.3 Å². The van der Waals surface area contributed by atoms with Gasteiger partial charge in [0, 0.05) is 22.9 Å². The molecule has 5 nitrogen and oxygen atoms in total. The standard InChI is InChI=1S/C13H14N2O3S2/c1-9-7-14-13(19-9)15-12(16)11-5-3-4-10(6-11)8-20(2,17)18/h3-7H,8H2,1-2H3,(H,14,15,16). The van der Waals surface area contributed by atoms with E-state index >= 15 is 0 Å². The molecule has 1 heterocycles. The first kappa shape index (κ1) is 14.7. The number of benzene rings is 1. The van der Waals surface area contributed by atoms with Crippen LogP contribution in [0.5, 0.6) is 0 Å². The summed E-state index contributed by atoms with van der Waals surface area (Å²) in [7, 11) is -3.12. The van der Waals surface area contributed by atoms with Crippen molar-refractivity contribution in [3.8, 4) is 0 Å². The van der Waals surface area contributed by atoms with Gasteiger partial charge < -0.3 is 0 Å². The first-order chi connectivity index (χ1) is 9.33. The minimum atomic E-state index is -3.12. The molecule has 1 N–H and O–H groups in total. The maximum absolute atomic E-state index is 12.0. The Labute approximate surface area is 121 Å². The fourth-order valence-corrected chi connectivity index (χ4v) is 3.13. The smallest absolute Gasteiger partial charge is 0.257 e. The number of hydrogen-bond donors (Lipinski definition) is 1. The Bertz CT molecular complexity index is 736. The zero-order valence-corrected chi connectivity index (χ0v) is 12.7. The molecule has 1 aromatic carbocycles. The second kappa shape index (κ2) is 5.72. The van der Waals surface area contributed by atoms with E-state index in [1.807, 2.05) is 6.92 Å². The highest BCUT2D eigenvalue weighted by Gasteiger charge is 2.11. The average molecular weight is 310 g/mol. The normalized spacial score (nSPS) is 11.3. The molecule has 7 heteroatoms. The van der Waals surface area contributed by atoms with E-state index in [4.69, 9.17) is 0 Å². The summed E-state index contributed by atoms with van der Waals surface area (Å²) >= 11 is 1.39. The number of hydrogen-bond acceptors (Lipinski definition) is 5. The van der Waals surface area contributed by atoms with Gasteiger partial charge in [0.2, 0.25) is 0 Å². The van der Waals surface area contributed by atoms with E-state index in [-0.39, 0.29) is 11.7 Å². The van der Waals surface area contributed by atoms with Gasteiger partial charge in [-0.2, -0.15) is 0 Å².